The van der Waals surface area contributed by atoms with Crippen LogP contribution in [0.3, 0.4) is 0 Å². The Bertz CT molecular complexity index is 633. The van der Waals surface area contributed by atoms with Gasteiger partial charge in [-0.3, -0.25) is 4.79 Å². The Morgan fingerprint density at radius 2 is 1.76 bits per heavy atom. The number of aryl methyl sites for hydroxylation is 2. The van der Waals surface area contributed by atoms with Crippen LogP contribution < -0.4 is 10.1 Å². The van der Waals surface area contributed by atoms with Gasteiger partial charge in [-0.1, -0.05) is 12.1 Å². The summed E-state index contributed by atoms with van der Waals surface area (Å²) in [6.45, 7) is 3.54. The zero-order valence-corrected chi connectivity index (χ0v) is 12.1. The fourth-order valence-corrected chi connectivity index (χ4v) is 1.93. The van der Waals surface area contributed by atoms with Crippen molar-refractivity contribution in [3.8, 4) is 6.01 Å². The van der Waals surface area contributed by atoms with Crippen molar-refractivity contribution in [1.82, 2.24) is 9.97 Å². The molecule has 0 aliphatic carbocycles. The lowest BCUT2D eigenvalue weighted by molar-refractivity contribution is -0.115. The first kappa shape index (κ1) is 14.9. The van der Waals surface area contributed by atoms with Gasteiger partial charge < -0.3 is 10.1 Å². The molecule has 0 unspecified atom stereocenters. The number of nitrogens with zero attached hydrogens (tertiary/aromatic N) is 2. The monoisotopic (exact) mass is 289 g/mol. The molecule has 21 heavy (non-hydrogen) atoms. The third-order valence-electron chi connectivity index (χ3n) is 2.98. The van der Waals surface area contributed by atoms with E-state index in [4.69, 9.17) is 4.74 Å². The van der Waals surface area contributed by atoms with Crippen LogP contribution in [0.15, 0.2) is 24.3 Å². The van der Waals surface area contributed by atoms with Gasteiger partial charge in [-0.25, -0.2) is 4.39 Å². The van der Waals surface area contributed by atoms with Crippen LogP contribution in [0, 0.1) is 19.7 Å². The van der Waals surface area contributed by atoms with E-state index in [0.29, 0.717) is 17.1 Å². The van der Waals surface area contributed by atoms with Crippen molar-refractivity contribution in [3.05, 3.63) is 47.0 Å². The molecule has 1 amide bonds. The fraction of sp³-hybridized carbons (Fsp3) is 0.267. The number of benzene rings is 1. The first-order valence-corrected chi connectivity index (χ1v) is 6.43. The van der Waals surface area contributed by atoms with Gasteiger partial charge in [-0.15, -0.1) is 0 Å². The highest BCUT2D eigenvalue weighted by molar-refractivity contribution is 5.93. The van der Waals surface area contributed by atoms with Crippen molar-refractivity contribution in [2.24, 2.45) is 0 Å². The highest BCUT2D eigenvalue weighted by atomic mass is 19.1. The lowest BCUT2D eigenvalue weighted by Gasteiger charge is -2.11. The minimum atomic E-state index is -0.325. The topological polar surface area (TPSA) is 64.1 Å². The number of nitrogens with one attached hydrogen (secondary N) is 1. The fourth-order valence-electron chi connectivity index (χ4n) is 1.93. The number of amides is 1. The van der Waals surface area contributed by atoms with E-state index in [1.54, 1.807) is 26.0 Å². The smallest absolute Gasteiger partial charge is 0.316 e. The van der Waals surface area contributed by atoms with Crippen molar-refractivity contribution in [2.45, 2.75) is 20.3 Å². The van der Waals surface area contributed by atoms with E-state index in [1.165, 1.54) is 19.2 Å². The lowest BCUT2D eigenvalue weighted by Crippen LogP contribution is -2.17. The molecule has 1 N–H and O–H groups in total. The molecule has 2 aromatic rings. The van der Waals surface area contributed by atoms with E-state index in [2.05, 4.69) is 15.3 Å². The molecule has 0 aliphatic heterocycles. The predicted molar refractivity (Wildman–Crippen MR) is 76.8 cm³/mol. The Morgan fingerprint density at radius 3 is 2.29 bits per heavy atom. The standard InChI is InChI=1S/C15H16FN3O2/c1-9-14(10(2)18-15(17-9)21-3)19-13(20)8-11-4-6-12(16)7-5-11/h4-7H,8H2,1-3H3,(H,19,20). The van der Waals surface area contributed by atoms with Gasteiger partial charge in [0.1, 0.15) is 5.82 Å². The minimum Gasteiger partial charge on any atom is -0.467 e. The van der Waals surface area contributed by atoms with Gasteiger partial charge in [0.25, 0.3) is 0 Å². The normalized spacial score (nSPS) is 10.3. The first-order valence-electron chi connectivity index (χ1n) is 6.43. The molecule has 6 heteroatoms. The van der Waals surface area contributed by atoms with Crippen molar-refractivity contribution in [3.63, 3.8) is 0 Å². The number of rotatable bonds is 4. The second kappa shape index (κ2) is 6.30. The molecule has 1 aromatic carbocycles. The van der Waals surface area contributed by atoms with E-state index in [-0.39, 0.29) is 24.2 Å². The maximum Gasteiger partial charge on any atom is 0.316 e. The second-order valence-electron chi connectivity index (χ2n) is 4.61. The zero-order valence-electron chi connectivity index (χ0n) is 12.1. The quantitative estimate of drug-likeness (QED) is 0.939. The average molecular weight is 289 g/mol. The molecule has 0 radical (unpaired) electrons. The molecule has 0 fully saturated rings. The van der Waals surface area contributed by atoms with Crippen LogP contribution in [0.5, 0.6) is 6.01 Å². The number of hydrogen-bond acceptors (Lipinski definition) is 4. The highest BCUT2D eigenvalue weighted by Crippen LogP contribution is 2.19. The van der Waals surface area contributed by atoms with E-state index < -0.39 is 0 Å². The van der Waals surface area contributed by atoms with Crippen molar-refractivity contribution in [2.75, 3.05) is 12.4 Å². The summed E-state index contributed by atoms with van der Waals surface area (Å²) in [5.41, 5.74) is 2.57. The van der Waals surface area contributed by atoms with Crippen LogP contribution in [-0.2, 0) is 11.2 Å². The molecule has 110 valence electrons. The number of carbonyl (C=O) groups excluding carboxylic acids is 1. The maximum atomic E-state index is 12.8. The molecule has 0 saturated carbocycles. The zero-order chi connectivity index (χ0) is 15.4. The molecule has 0 spiro atoms. The average Bonchev–Trinajstić information content (AvgIpc) is 2.45. The van der Waals surface area contributed by atoms with Crippen LogP contribution >= 0.6 is 0 Å². The van der Waals surface area contributed by atoms with Gasteiger partial charge >= 0.3 is 6.01 Å². The summed E-state index contributed by atoms with van der Waals surface area (Å²) in [5, 5.41) is 2.78. The van der Waals surface area contributed by atoms with Crippen molar-refractivity contribution >= 4 is 11.6 Å². The highest BCUT2D eigenvalue weighted by Gasteiger charge is 2.12. The molecular formula is C15H16FN3O2. The van der Waals surface area contributed by atoms with Crippen LogP contribution in [0.2, 0.25) is 0 Å². The number of aromatic nitrogens is 2. The summed E-state index contributed by atoms with van der Waals surface area (Å²) >= 11 is 0. The summed E-state index contributed by atoms with van der Waals surface area (Å²) in [6, 6.07) is 6.09. The predicted octanol–water partition coefficient (Wildman–Crippen LogP) is 2.42. The Labute approximate surface area is 122 Å². The Hall–Kier alpha value is -2.50. The molecule has 1 aromatic heterocycles. The van der Waals surface area contributed by atoms with E-state index in [0.717, 1.165) is 5.56 Å². The van der Waals surface area contributed by atoms with E-state index in [1.807, 2.05) is 0 Å². The molecule has 5 nitrogen and oxygen atoms in total. The third-order valence-corrected chi connectivity index (χ3v) is 2.98. The summed E-state index contributed by atoms with van der Waals surface area (Å²) in [4.78, 5) is 20.3. The van der Waals surface area contributed by atoms with Crippen LogP contribution in [0.1, 0.15) is 17.0 Å². The molecule has 0 aliphatic rings. The first-order chi connectivity index (χ1) is 9.99. The van der Waals surface area contributed by atoms with Gasteiger partial charge in [0, 0.05) is 0 Å². The number of carbonyl (C=O) groups is 1. The van der Waals surface area contributed by atoms with Gasteiger partial charge in [0.2, 0.25) is 5.91 Å². The van der Waals surface area contributed by atoms with Crippen LogP contribution in [0.4, 0.5) is 10.1 Å². The van der Waals surface area contributed by atoms with Gasteiger partial charge in [-0.05, 0) is 31.5 Å². The second-order valence-corrected chi connectivity index (χ2v) is 4.61. The molecule has 0 atom stereocenters. The summed E-state index contributed by atoms with van der Waals surface area (Å²) in [6.07, 6.45) is 0.158. The summed E-state index contributed by atoms with van der Waals surface area (Å²) in [5.74, 6) is -0.532. The Morgan fingerprint density at radius 1 is 1.19 bits per heavy atom. The number of hydrogen-bond donors (Lipinski definition) is 1. The van der Waals surface area contributed by atoms with E-state index in [9.17, 15) is 9.18 Å². The summed E-state index contributed by atoms with van der Waals surface area (Å²) in [7, 11) is 1.49. The Balaban J connectivity index is 2.11. The Kier molecular flexibility index (Phi) is 4.47. The molecular weight excluding hydrogens is 273 g/mol. The van der Waals surface area contributed by atoms with Gasteiger partial charge in [0.15, 0.2) is 0 Å². The number of methoxy groups -OCH3 is 1. The molecule has 0 saturated heterocycles. The summed E-state index contributed by atoms with van der Waals surface area (Å²) < 4.78 is 17.8. The maximum absolute atomic E-state index is 12.8. The number of anilines is 1. The molecule has 2 rings (SSSR count). The molecule has 0 bridgehead atoms. The van der Waals surface area contributed by atoms with E-state index >= 15 is 0 Å². The number of ether oxygens (including phenoxy) is 1. The molecule has 1 heterocycles. The van der Waals surface area contributed by atoms with Crippen molar-refractivity contribution < 1.29 is 13.9 Å². The van der Waals surface area contributed by atoms with Crippen LogP contribution in [-0.4, -0.2) is 23.0 Å². The van der Waals surface area contributed by atoms with Gasteiger partial charge in [0.05, 0.1) is 30.6 Å². The SMILES string of the molecule is COc1nc(C)c(NC(=O)Cc2ccc(F)cc2)c(C)n1. The van der Waals surface area contributed by atoms with Crippen molar-refractivity contribution in [1.29, 1.82) is 0 Å². The lowest BCUT2D eigenvalue weighted by atomic mass is 10.1. The van der Waals surface area contributed by atoms with Crippen LogP contribution in [0.25, 0.3) is 0 Å². The number of halogens is 1. The third kappa shape index (κ3) is 3.75. The minimum absolute atomic E-state index is 0.158. The van der Waals surface area contributed by atoms with Gasteiger partial charge in [-0.2, -0.15) is 9.97 Å². The largest absolute Gasteiger partial charge is 0.467 e.